The zero-order chi connectivity index (χ0) is 28.9. The van der Waals surface area contributed by atoms with Gasteiger partial charge in [-0.1, -0.05) is 18.0 Å². The summed E-state index contributed by atoms with van der Waals surface area (Å²) in [6.45, 7) is 1.85. The summed E-state index contributed by atoms with van der Waals surface area (Å²) in [5.74, 6) is 0.0287. The van der Waals surface area contributed by atoms with E-state index in [0.717, 1.165) is 5.69 Å². The van der Waals surface area contributed by atoms with Gasteiger partial charge in [-0.3, -0.25) is 14.9 Å². The van der Waals surface area contributed by atoms with Crippen molar-refractivity contribution in [2.75, 3.05) is 10.6 Å². The fraction of sp³-hybridized carbons (Fsp3) is 0.222. The average Bonchev–Trinajstić information content (AvgIpc) is 3.59. The average molecular weight is 576 g/mol. The minimum absolute atomic E-state index is 0.198. The van der Waals surface area contributed by atoms with E-state index in [4.69, 9.17) is 21.7 Å². The number of nitrogens with one attached hydrogen (secondary N) is 4. The van der Waals surface area contributed by atoms with Crippen LogP contribution in [0.2, 0.25) is 5.02 Å². The zero-order valence-corrected chi connectivity index (χ0v) is 22.6. The lowest BCUT2D eigenvalue weighted by Crippen LogP contribution is -2.28. The van der Waals surface area contributed by atoms with Crippen molar-refractivity contribution in [3.63, 3.8) is 0 Å². The number of aromatic nitrogens is 6. The van der Waals surface area contributed by atoms with E-state index < -0.39 is 12.1 Å². The van der Waals surface area contributed by atoms with Gasteiger partial charge in [0.1, 0.15) is 12.2 Å². The number of rotatable bonds is 5. The molecular weight excluding hydrogens is 550 g/mol. The van der Waals surface area contributed by atoms with Crippen molar-refractivity contribution in [3.05, 3.63) is 70.9 Å². The summed E-state index contributed by atoms with van der Waals surface area (Å²) < 4.78 is 1.47. The van der Waals surface area contributed by atoms with Gasteiger partial charge in [-0.15, -0.1) is 5.10 Å². The number of tetrazole rings is 1. The van der Waals surface area contributed by atoms with E-state index in [1.165, 1.54) is 17.1 Å². The second-order valence-electron chi connectivity index (χ2n) is 9.43. The molecule has 2 aromatic heterocycles. The molecule has 0 saturated carbocycles. The first kappa shape index (κ1) is 27.5. The Kier molecular flexibility index (Phi) is 8.06. The standard InChI is InChI=1S/C27H26ClN9O4/c1-15-25-19-9-8-18(31-27(40)41)13-21(19)33-23(38)5-3-2-4-20(26(30-15)34-25)32-24(39)11-6-16-12-17(28)7-10-22(16)37-14-29-35-36-37/h6-14,20,31H,2-5H2,1H3,(H,30,34)(H,32,39)(H,33,38)(H,40,41)/b11-6+/t20-/m0/s1. The summed E-state index contributed by atoms with van der Waals surface area (Å²) in [5, 5.41) is 29.0. The molecule has 41 heavy (non-hydrogen) atoms. The molecule has 2 aromatic carbocycles. The smallest absolute Gasteiger partial charge is 0.409 e. The maximum Gasteiger partial charge on any atom is 0.409 e. The molecule has 3 heterocycles. The number of carboxylic acid groups (broad SMARTS) is 1. The number of hydrogen-bond acceptors (Lipinski definition) is 7. The van der Waals surface area contributed by atoms with Crippen LogP contribution in [0.5, 0.6) is 0 Å². The van der Waals surface area contributed by atoms with Crippen molar-refractivity contribution in [1.82, 2.24) is 35.5 Å². The topological polar surface area (TPSA) is 180 Å². The number of carbonyl (C=O) groups is 3. The number of aromatic amines is 1. The van der Waals surface area contributed by atoms with Crippen LogP contribution in [-0.4, -0.2) is 53.2 Å². The molecule has 0 spiro atoms. The quantitative estimate of drug-likeness (QED) is 0.216. The largest absolute Gasteiger partial charge is 0.465 e. The van der Waals surface area contributed by atoms with Gasteiger partial charge in [-0.25, -0.2) is 9.78 Å². The van der Waals surface area contributed by atoms with E-state index in [9.17, 15) is 14.4 Å². The van der Waals surface area contributed by atoms with Gasteiger partial charge in [0, 0.05) is 40.0 Å². The zero-order valence-electron chi connectivity index (χ0n) is 21.9. The molecule has 0 aliphatic carbocycles. The van der Waals surface area contributed by atoms with E-state index >= 15 is 0 Å². The summed E-state index contributed by atoms with van der Waals surface area (Å²) in [4.78, 5) is 45.0. The Morgan fingerprint density at radius 3 is 2.83 bits per heavy atom. The minimum atomic E-state index is -1.21. The maximum absolute atomic E-state index is 13.1. The summed E-state index contributed by atoms with van der Waals surface area (Å²) in [5.41, 5.74) is 3.99. The number of amides is 3. The van der Waals surface area contributed by atoms with E-state index in [1.807, 2.05) is 6.92 Å². The summed E-state index contributed by atoms with van der Waals surface area (Å²) in [7, 11) is 0. The van der Waals surface area contributed by atoms with Crippen molar-refractivity contribution >= 4 is 47.0 Å². The number of nitrogens with zero attached hydrogens (tertiary/aromatic N) is 5. The maximum atomic E-state index is 13.1. The highest BCUT2D eigenvalue weighted by atomic mass is 35.5. The third-order valence-corrected chi connectivity index (χ3v) is 6.73. The van der Waals surface area contributed by atoms with Crippen molar-refractivity contribution in [1.29, 1.82) is 0 Å². The van der Waals surface area contributed by atoms with Gasteiger partial charge in [0.05, 0.1) is 23.1 Å². The lowest BCUT2D eigenvalue weighted by atomic mass is 10.0. The predicted molar refractivity (Wildman–Crippen MR) is 152 cm³/mol. The second-order valence-corrected chi connectivity index (χ2v) is 9.87. The van der Waals surface area contributed by atoms with Gasteiger partial charge >= 0.3 is 6.09 Å². The van der Waals surface area contributed by atoms with Crippen LogP contribution in [0.25, 0.3) is 23.0 Å². The predicted octanol–water partition coefficient (Wildman–Crippen LogP) is 4.49. The first-order valence-electron chi connectivity index (χ1n) is 12.8. The highest BCUT2D eigenvalue weighted by Crippen LogP contribution is 2.34. The Hall–Kier alpha value is -5.04. The Balaban J connectivity index is 1.42. The van der Waals surface area contributed by atoms with Crippen LogP contribution in [0.15, 0.2) is 48.8 Å². The molecule has 0 saturated heterocycles. The Bertz CT molecular complexity index is 1630. The van der Waals surface area contributed by atoms with Gasteiger partial charge in [0.2, 0.25) is 11.8 Å². The molecule has 13 nitrogen and oxygen atoms in total. The van der Waals surface area contributed by atoms with Crippen molar-refractivity contribution in [3.8, 4) is 16.9 Å². The molecule has 2 bridgehead atoms. The van der Waals surface area contributed by atoms with Crippen molar-refractivity contribution in [2.24, 2.45) is 0 Å². The summed E-state index contributed by atoms with van der Waals surface area (Å²) >= 11 is 6.19. The molecule has 3 amide bonds. The third kappa shape index (κ3) is 6.58. The molecule has 5 rings (SSSR count). The van der Waals surface area contributed by atoms with E-state index in [0.29, 0.717) is 64.0 Å². The van der Waals surface area contributed by atoms with Gasteiger partial charge in [0.15, 0.2) is 0 Å². The van der Waals surface area contributed by atoms with E-state index in [2.05, 4.69) is 36.5 Å². The number of hydrogen-bond donors (Lipinski definition) is 5. The third-order valence-electron chi connectivity index (χ3n) is 6.50. The molecule has 0 fully saturated rings. The van der Waals surface area contributed by atoms with Gasteiger partial charge in [-0.2, -0.15) is 4.68 Å². The van der Waals surface area contributed by atoms with E-state index in [-0.39, 0.29) is 18.2 Å². The molecule has 14 heteroatoms. The molecule has 0 radical (unpaired) electrons. The lowest BCUT2D eigenvalue weighted by molar-refractivity contribution is -0.118. The molecule has 1 aliphatic rings. The number of halogens is 1. The Morgan fingerprint density at radius 1 is 1.20 bits per heavy atom. The second kappa shape index (κ2) is 12.0. The number of imidazole rings is 1. The van der Waals surface area contributed by atoms with Crippen LogP contribution in [-0.2, 0) is 9.59 Å². The molecule has 0 unspecified atom stereocenters. The van der Waals surface area contributed by atoms with Crippen LogP contribution in [0.4, 0.5) is 16.2 Å². The number of aryl methyl sites for hydroxylation is 1. The first-order valence-corrected chi connectivity index (χ1v) is 13.2. The number of H-pyrrole nitrogens is 1. The monoisotopic (exact) mass is 575 g/mol. The number of anilines is 2. The van der Waals surface area contributed by atoms with Crippen molar-refractivity contribution < 1.29 is 19.5 Å². The highest BCUT2D eigenvalue weighted by molar-refractivity contribution is 6.30. The fourth-order valence-electron chi connectivity index (χ4n) is 4.61. The lowest BCUT2D eigenvalue weighted by Gasteiger charge is -2.17. The highest BCUT2D eigenvalue weighted by Gasteiger charge is 2.22. The van der Waals surface area contributed by atoms with Crippen LogP contribution in [0.3, 0.4) is 0 Å². The molecule has 1 aliphatic heterocycles. The molecule has 4 aromatic rings. The Morgan fingerprint density at radius 2 is 2.05 bits per heavy atom. The molecular formula is C27H26ClN9O4. The van der Waals surface area contributed by atoms with Crippen LogP contribution >= 0.6 is 11.6 Å². The molecule has 210 valence electrons. The molecule has 1 atom stereocenters. The SMILES string of the molecule is Cc1[nH]c2nc1-c1ccc(NC(=O)O)cc1NC(=O)CCCC[C@@H]2NC(=O)/C=C/c1cc(Cl)ccc1-n1cnnn1. The van der Waals surface area contributed by atoms with Gasteiger partial charge < -0.3 is 20.7 Å². The molecule has 5 N–H and O–H groups in total. The fourth-order valence-corrected chi connectivity index (χ4v) is 4.80. The van der Waals surface area contributed by atoms with Crippen LogP contribution in [0, 0.1) is 6.92 Å². The number of carbonyl (C=O) groups excluding carboxylic acids is 2. The van der Waals surface area contributed by atoms with Crippen LogP contribution < -0.4 is 16.0 Å². The Labute approximate surface area is 239 Å². The summed E-state index contributed by atoms with van der Waals surface area (Å²) in [6, 6.07) is 9.58. The van der Waals surface area contributed by atoms with Gasteiger partial charge in [-0.05, 0) is 72.7 Å². The van der Waals surface area contributed by atoms with Gasteiger partial charge in [0.25, 0.3) is 0 Å². The summed E-state index contributed by atoms with van der Waals surface area (Å²) in [6.07, 6.45) is 5.34. The van der Waals surface area contributed by atoms with Crippen LogP contribution in [0.1, 0.15) is 48.8 Å². The van der Waals surface area contributed by atoms with E-state index in [1.54, 1.807) is 42.5 Å². The number of fused-ring (bicyclic) bond motifs is 4. The van der Waals surface area contributed by atoms with Crippen molar-refractivity contribution in [2.45, 2.75) is 38.6 Å². The minimum Gasteiger partial charge on any atom is -0.465 e. The first-order chi connectivity index (χ1) is 19.8. The normalized spacial score (nSPS) is 15.4. The number of benzene rings is 2.